The van der Waals surface area contributed by atoms with Gasteiger partial charge in [0.15, 0.2) is 0 Å². The molecule has 4 nitrogen and oxygen atoms in total. The number of nitrogens with two attached hydrogens (primary N) is 1. The Morgan fingerprint density at radius 2 is 2.12 bits per heavy atom. The van der Waals surface area contributed by atoms with E-state index in [4.69, 9.17) is 10.8 Å². The second-order valence-corrected chi connectivity index (χ2v) is 4.62. The van der Waals surface area contributed by atoms with Gasteiger partial charge in [0.1, 0.15) is 0 Å². The van der Waals surface area contributed by atoms with Crippen LogP contribution in [-0.4, -0.2) is 27.0 Å². The first kappa shape index (κ1) is 13.2. The predicted molar refractivity (Wildman–Crippen MR) is 65.3 cm³/mol. The molecule has 0 radical (unpaired) electrons. The summed E-state index contributed by atoms with van der Waals surface area (Å²) < 4.78 is 2.01. The van der Waals surface area contributed by atoms with Crippen LogP contribution in [0, 0.1) is 0 Å². The Balaban J connectivity index is 2.69. The maximum atomic E-state index is 9.10. The van der Waals surface area contributed by atoms with Gasteiger partial charge in [-0.2, -0.15) is 5.10 Å². The van der Waals surface area contributed by atoms with Gasteiger partial charge in [-0.15, -0.1) is 0 Å². The highest BCUT2D eigenvalue weighted by Gasteiger charge is 2.17. The van der Waals surface area contributed by atoms with E-state index in [9.17, 15) is 0 Å². The zero-order chi connectivity index (χ0) is 12.2. The summed E-state index contributed by atoms with van der Waals surface area (Å²) in [4.78, 5) is 0. The lowest BCUT2D eigenvalue weighted by Crippen LogP contribution is -2.41. The van der Waals surface area contributed by atoms with E-state index in [1.54, 1.807) is 0 Å². The van der Waals surface area contributed by atoms with Crippen molar-refractivity contribution in [2.45, 2.75) is 52.1 Å². The van der Waals surface area contributed by atoms with Crippen molar-refractivity contribution in [3.8, 4) is 0 Å². The molecule has 1 unspecified atom stereocenters. The fourth-order valence-electron chi connectivity index (χ4n) is 1.61. The number of nitrogens with zero attached hydrogens (tertiary/aromatic N) is 2. The molecule has 1 heterocycles. The van der Waals surface area contributed by atoms with Crippen molar-refractivity contribution in [2.24, 2.45) is 5.73 Å². The Morgan fingerprint density at radius 3 is 2.62 bits per heavy atom. The van der Waals surface area contributed by atoms with E-state index >= 15 is 0 Å². The molecule has 1 rings (SSSR count). The monoisotopic (exact) mass is 225 g/mol. The lowest BCUT2D eigenvalue weighted by Gasteiger charge is -2.21. The van der Waals surface area contributed by atoms with Gasteiger partial charge in [-0.3, -0.25) is 4.68 Å². The van der Waals surface area contributed by atoms with E-state index in [-0.39, 0.29) is 6.61 Å². The first-order valence-corrected chi connectivity index (χ1v) is 5.97. The third kappa shape index (κ3) is 3.32. The van der Waals surface area contributed by atoms with Crippen molar-refractivity contribution in [1.29, 1.82) is 0 Å². The molecular weight excluding hydrogens is 202 g/mol. The standard InChI is InChI=1S/C12H23N3O/c1-4-10-8-11(5-2)15(14-10)7-6-12(3,13)9-16/h8,16H,4-7,9,13H2,1-3H3. The zero-order valence-electron chi connectivity index (χ0n) is 10.5. The molecule has 3 N–H and O–H groups in total. The van der Waals surface area contributed by atoms with E-state index in [0.717, 1.165) is 31.5 Å². The largest absolute Gasteiger partial charge is 0.394 e. The topological polar surface area (TPSA) is 64.1 Å². The second kappa shape index (κ2) is 5.46. The van der Waals surface area contributed by atoms with Crippen LogP contribution in [0.4, 0.5) is 0 Å². The minimum absolute atomic E-state index is 0.0103. The van der Waals surface area contributed by atoms with Gasteiger partial charge in [-0.25, -0.2) is 0 Å². The molecule has 0 aliphatic heterocycles. The molecule has 16 heavy (non-hydrogen) atoms. The fourth-order valence-corrected chi connectivity index (χ4v) is 1.61. The molecule has 0 saturated heterocycles. The summed E-state index contributed by atoms with van der Waals surface area (Å²) in [7, 11) is 0. The number of hydrogen-bond donors (Lipinski definition) is 2. The SMILES string of the molecule is CCc1cc(CC)n(CCC(C)(N)CO)n1. The Hall–Kier alpha value is -0.870. The van der Waals surface area contributed by atoms with Crippen LogP contribution in [0.25, 0.3) is 0 Å². The van der Waals surface area contributed by atoms with Gasteiger partial charge in [0.05, 0.1) is 12.3 Å². The molecule has 0 fully saturated rings. The lowest BCUT2D eigenvalue weighted by molar-refractivity contribution is 0.193. The van der Waals surface area contributed by atoms with Gasteiger partial charge >= 0.3 is 0 Å². The van der Waals surface area contributed by atoms with Crippen LogP contribution in [0.2, 0.25) is 0 Å². The molecule has 0 bridgehead atoms. The van der Waals surface area contributed by atoms with Gasteiger partial charge in [0, 0.05) is 17.8 Å². The normalized spacial score (nSPS) is 15.1. The van der Waals surface area contributed by atoms with E-state index in [0.29, 0.717) is 0 Å². The molecule has 0 spiro atoms. The summed E-state index contributed by atoms with van der Waals surface area (Å²) in [5.74, 6) is 0. The van der Waals surface area contributed by atoms with Crippen molar-refractivity contribution in [1.82, 2.24) is 9.78 Å². The Labute approximate surface area is 97.5 Å². The van der Waals surface area contributed by atoms with Crippen molar-refractivity contribution in [3.05, 3.63) is 17.5 Å². The van der Waals surface area contributed by atoms with Crippen molar-refractivity contribution in [3.63, 3.8) is 0 Å². The van der Waals surface area contributed by atoms with Gasteiger partial charge in [0.2, 0.25) is 0 Å². The van der Waals surface area contributed by atoms with Crippen molar-refractivity contribution >= 4 is 0 Å². The van der Waals surface area contributed by atoms with Crippen LogP contribution in [0.1, 0.15) is 38.6 Å². The third-order valence-corrected chi connectivity index (χ3v) is 2.89. The third-order valence-electron chi connectivity index (χ3n) is 2.89. The number of aliphatic hydroxyl groups excluding tert-OH is 1. The van der Waals surface area contributed by atoms with Gasteiger partial charge < -0.3 is 10.8 Å². The highest BCUT2D eigenvalue weighted by atomic mass is 16.3. The number of hydrogen-bond acceptors (Lipinski definition) is 3. The quantitative estimate of drug-likeness (QED) is 0.762. The molecular formula is C12H23N3O. The second-order valence-electron chi connectivity index (χ2n) is 4.62. The molecule has 0 aromatic carbocycles. The van der Waals surface area contributed by atoms with Crippen molar-refractivity contribution < 1.29 is 5.11 Å². The molecule has 0 saturated carbocycles. The minimum Gasteiger partial charge on any atom is -0.394 e. The number of aliphatic hydroxyl groups is 1. The summed E-state index contributed by atoms with van der Waals surface area (Å²) in [6, 6.07) is 2.15. The first-order valence-electron chi connectivity index (χ1n) is 5.97. The van der Waals surface area contributed by atoms with E-state index in [1.165, 1.54) is 5.69 Å². The molecule has 92 valence electrons. The molecule has 4 heteroatoms. The first-order chi connectivity index (χ1) is 7.52. The average molecular weight is 225 g/mol. The predicted octanol–water partition coefficient (Wildman–Crippen LogP) is 1.11. The van der Waals surface area contributed by atoms with Crippen LogP contribution in [0.3, 0.4) is 0 Å². The summed E-state index contributed by atoms with van der Waals surface area (Å²) in [6.07, 6.45) is 2.68. The van der Waals surface area contributed by atoms with Crippen LogP contribution in [0.5, 0.6) is 0 Å². The number of rotatable bonds is 6. The maximum Gasteiger partial charge on any atom is 0.0624 e. The van der Waals surface area contributed by atoms with E-state index in [2.05, 4.69) is 25.0 Å². The van der Waals surface area contributed by atoms with Crippen LogP contribution in [0.15, 0.2) is 6.07 Å². The summed E-state index contributed by atoms with van der Waals surface area (Å²) in [5, 5.41) is 13.6. The molecule has 0 aliphatic rings. The maximum absolute atomic E-state index is 9.10. The smallest absolute Gasteiger partial charge is 0.0624 e. The van der Waals surface area contributed by atoms with Gasteiger partial charge in [-0.1, -0.05) is 13.8 Å². The molecule has 1 atom stereocenters. The van der Waals surface area contributed by atoms with E-state index < -0.39 is 5.54 Å². The molecule has 0 aliphatic carbocycles. The van der Waals surface area contributed by atoms with Crippen LogP contribution >= 0.6 is 0 Å². The number of aryl methyl sites for hydroxylation is 3. The summed E-state index contributed by atoms with van der Waals surface area (Å²) in [5.41, 5.74) is 7.76. The Kier molecular flexibility index (Phi) is 4.50. The number of aromatic nitrogens is 2. The highest BCUT2D eigenvalue weighted by molar-refractivity contribution is 5.10. The summed E-state index contributed by atoms with van der Waals surface area (Å²) in [6.45, 7) is 6.88. The van der Waals surface area contributed by atoms with Crippen molar-refractivity contribution in [2.75, 3.05) is 6.61 Å². The van der Waals surface area contributed by atoms with Crippen LogP contribution in [-0.2, 0) is 19.4 Å². The highest BCUT2D eigenvalue weighted by Crippen LogP contribution is 2.11. The summed E-state index contributed by atoms with van der Waals surface area (Å²) >= 11 is 0. The van der Waals surface area contributed by atoms with Crippen LogP contribution < -0.4 is 5.73 Å². The Morgan fingerprint density at radius 1 is 1.44 bits per heavy atom. The minimum atomic E-state index is -0.511. The molecule has 0 amide bonds. The Bertz CT molecular complexity index is 331. The molecule has 1 aromatic rings. The molecule has 1 aromatic heterocycles. The van der Waals surface area contributed by atoms with Gasteiger partial charge in [-0.05, 0) is 32.3 Å². The van der Waals surface area contributed by atoms with E-state index in [1.807, 2.05) is 11.6 Å². The average Bonchev–Trinajstić information content (AvgIpc) is 2.69. The fraction of sp³-hybridized carbons (Fsp3) is 0.750. The lowest BCUT2D eigenvalue weighted by atomic mass is 10.0. The zero-order valence-corrected chi connectivity index (χ0v) is 10.5. The van der Waals surface area contributed by atoms with Gasteiger partial charge in [0.25, 0.3) is 0 Å².